The van der Waals surface area contributed by atoms with Gasteiger partial charge in [-0.1, -0.05) is 59.6 Å². The molecule has 220 valence electrons. The van der Waals surface area contributed by atoms with Crippen molar-refractivity contribution >= 4 is 39.6 Å². The number of hydrogen-bond donors (Lipinski definition) is 1. The van der Waals surface area contributed by atoms with E-state index in [0.29, 0.717) is 30.2 Å². The van der Waals surface area contributed by atoms with E-state index in [1.54, 1.807) is 36.1 Å². The number of methoxy groups -OCH3 is 1. The van der Waals surface area contributed by atoms with E-state index in [0.717, 1.165) is 36.3 Å². The Morgan fingerprint density at radius 3 is 2.63 bits per heavy atom. The zero-order chi connectivity index (χ0) is 29.2. The number of benzene rings is 2. The molecule has 41 heavy (non-hydrogen) atoms. The number of rotatable bonds is 9. The second kappa shape index (κ2) is 15.4. The van der Waals surface area contributed by atoms with Crippen LogP contribution in [0.5, 0.6) is 23.0 Å². The summed E-state index contributed by atoms with van der Waals surface area (Å²) in [4.78, 5) is 30.2. The number of carbonyl (C=O) groups is 2. The van der Waals surface area contributed by atoms with Gasteiger partial charge in [-0.25, -0.2) is 0 Å². The van der Waals surface area contributed by atoms with E-state index < -0.39 is 6.10 Å². The van der Waals surface area contributed by atoms with E-state index in [9.17, 15) is 14.7 Å². The number of aliphatic imine (C=N–C) groups is 1. The summed E-state index contributed by atoms with van der Waals surface area (Å²) >= 11 is 0. The van der Waals surface area contributed by atoms with Crippen LogP contribution < -0.4 is 9.47 Å². The number of esters is 1. The molecule has 0 amide bonds. The molecule has 4 atom stereocenters. The maximum absolute atomic E-state index is 13.6. The third-order valence-electron chi connectivity index (χ3n) is 7.51. The van der Waals surface area contributed by atoms with Crippen molar-refractivity contribution in [2.24, 2.45) is 16.8 Å². The Hall–Kier alpha value is -2.91. The van der Waals surface area contributed by atoms with Crippen LogP contribution in [0.4, 0.5) is 0 Å². The van der Waals surface area contributed by atoms with Crippen molar-refractivity contribution in [2.45, 2.75) is 58.0 Å². The van der Waals surface area contributed by atoms with Crippen LogP contribution in [0.1, 0.15) is 57.4 Å². The van der Waals surface area contributed by atoms with Crippen LogP contribution in [0.3, 0.4) is 0 Å². The molecule has 0 aromatic heterocycles. The Morgan fingerprint density at radius 1 is 1.10 bits per heavy atom. The molecule has 0 unspecified atom stereocenters. The highest BCUT2D eigenvalue weighted by molar-refractivity contribution is 8.76. The topological polar surface area (TPSA) is 94.4 Å². The molecule has 1 N–H and O–H groups in total. The molecule has 4 rings (SSSR count). The van der Waals surface area contributed by atoms with E-state index in [1.165, 1.54) is 18.6 Å². The Labute approximate surface area is 250 Å². The van der Waals surface area contributed by atoms with Crippen molar-refractivity contribution in [1.82, 2.24) is 0 Å². The van der Waals surface area contributed by atoms with Crippen molar-refractivity contribution in [3.63, 3.8) is 0 Å². The molecule has 0 aliphatic carbocycles. The molecule has 2 heterocycles. The van der Waals surface area contributed by atoms with E-state index in [-0.39, 0.29) is 41.7 Å². The zero-order valence-electron chi connectivity index (χ0n) is 23.9. The standard InChI is InChI=1S/C32H39NO6S2/c1-4-5-9-28-29(23-12-13-33-18-23)20-41-40-19-24(14-26(36)17-31(28)38-21(2)34)22-10-11-30(32(15-22)37-3)39-27-8-6-7-25(35)16-27/h6-8,10-12,15-16,18,24,28-29,31,35H,4-5,9,13-14,17,19-20H2,1-3H3/t24-,28+,29+,31-/m0/s1. The van der Waals surface area contributed by atoms with Crippen LogP contribution in [0.25, 0.3) is 0 Å². The van der Waals surface area contributed by atoms with Crippen LogP contribution >= 0.6 is 21.6 Å². The molecule has 0 bridgehead atoms. The number of phenols is 1. The molecular formula is C32H39NO6S2. The predicted molar refractivity (Wildman–Crippen MR) is 167 cm³/mol. The number of allylic oxidation sites excluding steroid dienone is 1. The fraction of sp³-hybridized carbons (Fsp3) is 0.469. The summed E-state index contributed by atoms with van der Waals surface area (Å²) < 4.78 is 17.5. The second-order valence-electron chi connectivity index (χ2n) is 10.5. The number of Topliss-reactive ketones (excluding diaryl/α,β-unsaturated/α-hetero) is 1. The van der Waals surface area contributed by atoms with Crippen LogP contribution in [0, 0.1) is 11.8 Å². The summed E-state index contributed by atoms with van der Waals surface area (Å²) in [5.41, 5.74) is 2.17. The third kappa shape index (κ3) is 8.79. The number of phenolic OH excluding ortho intramolecular Hbond substituents is 1. The van der Waals surface area contributed by atoms with Gasteiger partial charge in [-0.15, -0.1) is 0 Å². The summed E-state index contributed by atoms with van der Waals surface area (Å²) in [5.74, 6) is 3.21. The summed E-state index contributed by atoms with van der Waals surface area (Å²) in [6.07, 6.45) is 7.14. The number of carbonyl (C=O) groups excluding carboxylic acids is 2. The average Bonchev–Trinajstić information content (AvgIpc) is 3.47. The van der Waals surface area contributed by atoms with Crippen molar-refractivity contribution in [1.29, 1.82) is 0 Å². The highest BCUT2D eigenvalue weighted by Crippen LogP contribution is 2.42. The number of nitrogens with zero attached hydrogens (tertiary/aromatic N) is 1. The number of aromatic hydroxyl groups is 1. The molecule has 0 saturated carbocycles. The van der Waals surface area contributed by atoms with Crippen molar-refractivity contribution in [2.75, 3.05) is 25.2 Å². The molecule has 2 aliphatic heterocycles. The monoisotopic (exact) mass is 597 g/mol. The van der Waals surface area contributed by atoms with Crippen LogP contribution in [-0.2, 0) is 14.3 Å². The molecule has 2 aliphatic rings. The first kappa shape index (κ1) is 31.0. The van der Waals surface area contributed by atoms with E-state index in [4.69, 9.17) is 14.2 Å². The van der Waals surface area contributed by atoms with Gasteiger partial charge in [0.2, 0.25) is 0 Å². The van der Waals surface area contributed by atoms with Gasteiger partial charge in [-0.3, -0.25) is 14.6 Å². The Morgan fingerprint density at radius 2 is 1.93 bits per heavy atom. The second-order valence-corrected chi connectivity index (χ2v) is 13.0. The fourth-order valence-corrected chi connectivity index (χ4v) is 8.23. The van der Waals surface area contributed by atoms with E-state index in [1.807, 2.05) is 35.2 Å². The highest BCUT2D eigenvalue weighted by atomic mass is 33.1. The maximum atomic E-state index is 13.6. The lowest BCUT2D eigenvalue weighted by molar-refractivity contribution is -0.151. The zero-order valence-corrected chi connectivity index (χ0v) is 25.5. The lowest BCUT2D eigenvalue weighted by atomic mass is 9.78. The van der Waals surface area contributed by atoms with Gasteiger partial charge < -0.3 is 19.3 Å². The first-order valence-electron chi connectivity index (χ1n) is 14.2. The van der Waals surface area contributed by atoms with Gasteiger partial charge in [-0.05, 0) is 41.8 Å². The minimum atomic E-state index is -0.469. The van der Waals surface area contributed by atoms with Gasteiger partial charge >= 0.3 is 5.97 Å². The Balaban J connectivity index is 1.59. The maximum Gasteiger partial charge on any atom is 0.302 e. The largest absolute Gasteiger partial charge is 0.508 e. The quantitative estimate of drug-likeness (QED) is 0.236. The van der Waals surface area contributed by atoms with Crippen LogP contribution in [0.15, 0.2) is 59.1 Å². The molecule has 1 saturated heterocycles. The smallest absolute Gasteiger partial charge is 0.302 e. The Kier molecular flexibility index (Phi) is 11.6. The van der Waals surface area contributed by atoms with Gasteiger partial charge in [0.25, 0.3) is 0 Å². The number of ether oxygens (including phenoxy) is 3. The fourth-order valence-electron chi connectivity index (χ4n) is 5.47. The van der Waals surface area contributed by atoms with Gasteiger partial charge in [0, 0.05) is 61.3 Å². The third-order valence-corrected chi connectivity index (χ3v) is 10.0. The van der Waals surface area contributed by atoms with Crippen LogP contribution in [-0.4, -0.2) is 54.3 Å². The minimum Gasteiger partial charge on any atom is -0.508 e. The minimum absolute atomic E-state index is 0.0420. The van der Waals surface area contributed by atoms with Gasteiger partial charge in [0.1, 0.15) is 23.4 Å². The molecule has 2 aromatic rings. The first-order chi connectivity index (χ1) is 19.9. The molecular weight excluding hydrogens is 558 g/mol. The van der Waals surface area contributed by atoms with Gasteiger partial charge in [-0.2, -0.15) is 0 Å². The van der Waals surface area contributed by atoms with Gasteiger partial charge in [0.15, 0.2) is 11.5 Å². The Bertz CT molecular complexity index is 1260. The van der Waals surface area contributed by atoms with Crippen molar-refractivity contribution in [3.05, 3.63) is 59.7 Å². The van der Waals surface area contributed by atoms with E-state index >= 15 is 0 Å². The lowest BCUT2D eigenvalue weighted by Gasteiger charge is -2.33. The molecule has 2 aromatic carbocycles. The highest BCUT2D eigenvalue weighted by Gasteiger charge is 2.36. The summed E-state index contributed by atoms with van der Waals surface area (Å²) in [6.45, 7) is 4.26. The molecule has 1 fully saturated rings. The summed E-state index contributed by atoms with van der Waals surface area (Å²) in [6, 6.07) is 12.3. The SMILES string of the molecule is CCCC[C@H]1[C@@H](OC(C)=O)CC(=O)C[C@H](c2ccc(Oc3cccc(O)c3)c(OC)c2)CSSC[C@@H]1C1=CCN=C1. The van der Waals surface area contributed by atoms with Crippen LogP contribution in [0.2, 0.25) is 0 Å². The lowest BCUT2D eigenvalue weighted by Crippen LogP contribution is -2.36. The van der Waals surface area contributed by atoms with Crippen molar-refractivity contribution < 1.29 is 28.9 Å². The summed E-state index contributed by atoms with van der Waals surface area (Å²) in [5, 5.41) is 9.79. The number of unbranched alkanes of at least 4 members (excludes halogenated alkanes) is 1. The molecule has 7 nitrogen and oxygen atoms in total. The molecule has 9 heteroatoms. The first-order valence-corrected chi connectivity index (χ1v) is 16.6. The average molecular weight is 598 g/mol. The molecule has 0 radical (unpaired) electrons. The van der Waals surface area contributed by atoms with Gasteiger partial charge in [0.05, 0.1) is 13.7 Å². The normalized spacial score (nSPS) is 23.4. The summed E-state index contributed by atoms with van der Waals surface area (Å²) in [7, 11) is 5.18. The molecule has 0 spiro atoms. The number of ketones is 1. The van der Waals surface area contributed by atoms with Crippen molar-refractivity contribution in [3.8, 4) is 23.0 Å². The predicted octanol–water partition coefficient (Wildman–Crippen LogP) is 7.39. The number of hydrogen-bond acceptors (Lipinski definition) is 9. The van der Waals surface area contributed by atoms with E-state index in [2.05, 4.69) is 18.0 Å².